The summed E-state index contributed by atoms with van der Waals surface area (Å²) in [4.78, 5) is 5.06. The van der Waals surface area contributed by atoms with E-state index in [1.165, 1.54) is 33.3 Å². The summed E-state index contributed by atoms with van der Waals surface area (Å²) in [6, 6.07) is 45.4. The van der Waals surface area contributed by atoms with Crippen molar-refractivity contribution < 1.29 is 0 Å². The Morgan fingerprint density at radius 1 is 0.564 bits per heavy atom. The predicted octanol–water partition coefficient (Wildman–Crippen LogP) is 8.94. The molecule has 3 nitrogen and oxygen atoms in total. The molecule has 186 valence electrons. The average Bonchev–Trinajstić information content (AvgIpc) is 3.61. The summed E-state index contributed by atoms with van der Waals surface area (Å²) in [5.41, 5.74) is 12.1. The topological polar surface area (TPSA) is 22.8 Å². The van der Waals surface area contributed by atoms with Crippen molar-refractivity contribution in [3.05, 3.63) is 139 Å². The molecular formula is C36H27N3. The normalized spacial score (nSPS) is 13.6. The lowest BCUT2D eigenvalue weighted by molar-refractivity contribution is 0.666. The number of fused-ring (bicyclic) bond motifs is 6. The number of para-hydroxylation sites is 4. The third kappa shape index (κ3) is 3.07. The maximum Gasteiger partial charge on any atom is 0.145 e. The fourth-order valence-corrected chi connectivity index (χ4v) is 6.58. The van der Waals surface area contributed by atoms with Crippen molar-refractivity contribution in [1.29, 1.82) is 0 Å². The van der Waals surface area contributed by atoms with Crippen molar-refractivity contribution in [3.8, 4) is 34.0 Å². The van der Waals surface area contributed by atoms with Gasteiger partial charge in [-0.05, 0) is 65.7 Å². The molecule has 0 N–H and O–H groups in total. The lowest BCUT2D eigenvalue weighted by Crippen LogP contribution is -2.14. The van der Waals surface area contributed by atoms with Gasteiger partial charge in [-0.2, -0.15) is 0 Å². The summed E-state index contributed by atoms with van der Waals surface area (Å²) in [7, 11) is 0. The first-order chi connectivity index (χ1) is 19.1. The van der Waals surface area contributed by atoms with Crippen molar-refractivity contribution in [2.75, 3.05) is 0 Å². The Kier molecular flexibility index (Phi) is 4.57. The molecule has 2 aromatic heterocycles. The Balaban J connectivity index is 1.34. The van der Waals surface area contributed by atoms with Gasteiger partial charge in [-0.1, -0.05) is 86.6 Å². The molecule has 8 rings (SSSR count). The summed E-state index contributed by atoms with van der Waals surface area (Å²) in [6.45, 7) is 4.71. The Morgan fingerprint density at radius 3 is 2.03 bits per heavy atom. The molecule has 1 aliphatic carbocycles. The van der Waals surface area contributed by atoms with Gasteiger partial charge in [0, 0.05) is 33.3 Å². The van der Waals surface area contributed by atoms with Crippen LogP contribution in [0.5, 0.6) is 0 Å². The van der Waals surface area contributed by atoms with Gasteiger partial charge in [0.2, 0.25) is 0 Å². The van der Waals surface area contributed by atoms with E-state index in [4.69, 9.17) is 4.98 Å². The largest absolute Gasteiger partial charge is 0.309 e. The zero-order valence-corrected chi connectivity index (χ0v) is 22.0. The minimum atomic E-state index is -0.0583. The van der Waals surface area contributed by atoms with Crippen molar-refractivity contribution in [2.45, 2.75) is 19.3 Å². The van der Waals surface area contributed by atoms with Crippen LogP contribution in [0.3, 0.4) is 0 Å². The zero-order chi connectivity index (χ0) is 26.1. The fourth-order valence-electron chi connectivity index (χ4n) is 6.58. The minimum Gasteiger partial charge on any atom is -0.309 e. The standard InChI is InChI=1S/C36H27N3/c1-36(2)29-16-8-6-14-27(29)34-33(36)28-15-7-10-18-31(28)38(34)26-22-20-24(21-23-26)35-37-30-17-9-11-19-32(30)39(35)25-12-4-3-5-13-25/h3-23H,1-2H3. The van der Waals surface area contributed by atoms with Gasteiger partial charge in [0.15, 0.2) is 0 Å². The van der Waals surface area contributed by atoms with Gasteiger partial charge in [0.1, 0.15) is 5.82 Å². The second-order valence-electron chi connectivity index (χ2n) is 10.9. The summed E-state index contributed by atoms with van der Waals surface area (Å²) in [5, 5.41) is 1.32. The third-order valence-corrected chi connectivity index (χ3v) is 8.31. The molecule has 0 saturated carbocycles. The van der Waals surface area contributed by atoms with Crippen LogP contribution in [0, 0.1) is 0 Å². The van der Waals surface area contributed by atoms with Gasteiger partial charge in [-0.15, -0.1) is 0 Å². The highest BCUT2D eigenvalue weighted by molar-refractivity contribution is 5.99. The van der Waals surface area contributed by atoms with Crippen molar-refractivity contribution in [1.82, 2.24) is 14.1 Å². The molecule has 39 heavy (non-hydrogen) atoms. The van der Waals surface area contributed by atoms with Crippen LogP contribution >= 0.6 is 0 Å². The van der Waals surface area contributed by atoms with Crippen LogP contribution in [-0.2, 0) is 5.41 Å². The van der Waals surface area contributed by atoms with E-state index < -0.39 is 0 Å². The van der Waals surface area contributed by atoms with E-state index in [1.807, 2.05) is 0 Å². The number of benzene rings is 5. The van der Waals surface area contributed by atoms with Crippen LogP contribution in [0.4, 0.5) is 0 Å². The first-order valence-electron chi connectivity index (χ1n) is 13.5. The van der Waals surface area contributed by atoms with Crippen LogP contribution in [0.1, 0.15) is 25.0 Å². The van der Waals surface area contributed by atoms with E-state index >= 15 is 0 Å². The Morgan fingerprint density at radius 2 is 1.21 bits per heavy atom. The zero-order valence-electron chi connectivity index (χ0n) is 22.0. The second kappa shape index (κ2) is 8.05. The monoisotopic (exact) mass is 501 g/mol. The summed E-state index contributed by atoms with van der Waals surface area (Å²) >= 11 is 0. The number of hydrogen-bond donors (Lipinski definition) is 0. The van der Waals surface area contributed by atoms with Crippen molar-refractivity contribution in [3.63, 3.8) is 0 Å². The molecule has 0 atom stereocenters. The lowest BCUT2D eigenvalue weighted by Gasteiger charge is -2.21. The average molecular weight is 502 g/mol. The first-order valence-corrected chi connectivity index (χ1v) is 13.5. The van der Waals surface area contributed by atoms with Crippen LogP contribution in [0.25, 0.3) is 56.0 Å². The van der Waals surface area contributed by atoms with Crippen LogP contribution in [0.15, 0.2) is 127 Å². The Bertz CT molecular complexity index is 2020. The quantitative estimate of drug-likeness (QED) is 0.237. The number of nitrogens with zero attached hydrogens (tertiary/aromatic N) is 3. The van der Waals surface area contributed by atoms with Gasteiger partial charge in [0.05, 0.1) is 22.2 Å². The maximum atomic E-state index is 5.06. The highest BCUT2D eigenvalue weighted by Crippen LogP contribution is 2.53. The summed E-state index contributed by atoms with van der Waals surface area (Å²) in [6.07, 6.45) is 0. The molecule has 0 spiro atoms. The molecule has 0 fully saturated rings. The number of aromatic nitrogens is 3. The molecule has 0 bridgehead atoms. The molecule has 3 heteroatoms. The molecule has 0 unspecified atom stereocenters. The van der Waals surface area contributed by atoms with E-state index in [0.717, 1.165) is 33.8 Å². The molecule has 0 radical (unpaired) electrons. The number of rotatable bonds is 3. The molecule has 7 aromatic rings. The smallest absolute Gasteiger partial charge is 0.145 e. The molecule has 5 aromatic carbocycles. The van der Waals surface area contributed by atoms with E-state index in [1.54, 1.807) is 0 Å². The highest BCUT2D eigenvalue weighted by Gasteiger charge is 2.40. The van der Waals surface area contributed by atoms with Gasteiger partial charge in [0.25, 0.3) is 0 Å². The highest BCUT2D eigenvalue weighted by atomic mass is 15.1. The fraction of sp³-hybridized carbons (Fsp3) is 0.0833. The lowest BCUT2D eigenvalue weighted by atomic mass is 9.81. The molecule has 1 aliphatic rings. The van der Waals surface area contributed by atoms with E-state index in [9.17, 15) is 0 Å². The van der Waals surface area contributed by atoms with Gasteiger partial charge in [-0.25, -0.2) is 4.98 Å². The summed E-state index contributed by atoms with van der Waals surface area (Å²) < 4.78 is 4.70. The van der Waals surface area contributed by atoms with Crippen LogP contribution in [-0.4, -0.2) is 14.1 Å². The Labute approximate surface area is 227 Å². The van der Waals surface area contributed by atoms with E-state index in [0.29, 0.717) is 0 Å². The number of hydrogen-bond acceptors (Lipinski definition) is 1. The number of imidazole rings is 1. The van der Waals surface area contributed by atoms with Gasteiger partial charge < -0.3 is 4.57 Å². The molecular weight excluding hydrogens is 474 g/mol. The SMILES string of the molecule is CC1(C)c2ccccc2-c2c1c1ccccc1n2-c1ccc(-c2nc3ccccc3n2-c2ccccc2)cc1. The first kappa shape index (κ1) is 22.1. The van der Waals surface area contributed by atoms with Gasteiger partial charge in [-0.3, -0.25) is 4.57 Å². The molecule has 2 heterocycles. The summed E-state index contributed by atoms with van der Waals surface area (Å²) in [5.74, 6) is 0.947. The molecule has 0 aliphatic heterocycles. The maximum absolute atomic E-state index is 5.06. The van der Waals surface area contributed by atoms with E-state index in [-0.39, 0.29) is 5.41 Å². The Hall–Kier alpha value is -4.89. The molecule has 0 amide bonds. The van der Waals surface area contributed by atoms with E-state index in [2.05, 4.69) is 150 Å². The third-order valence-electron chi connectivity index (χ3n) is 8.31. The second-order valence-corrected chi connectivity index (χ2v) is 10.9. The predicted molar refractivity (Wildman–Crippen MR) is 161 cm³/mol. The van der Waals surface area contributed by atoms with Crippen molar-refractivity contribution >= 4 is 21.9 Å². The van der Waals surface area contributed by atoms with Crippen LogP contribution in [0.2, 0.25) is 0 Å². The van der Waals surface area contributed by atoms with Crippen molar-refractivity contribution in [2.24, 2.45) is 0 Å². The van der Waals surface area contributed by atoms with Crippen LogP contribution < -0.4 is 0 Å². The van der Waals surface area contributed by atoms with Gasteiger partial charge >= 0.3 is 0 Å². The minimum absolute atomic E-state index is 0.0583. The molecule has 0 saturated heterocycles.